The van der Waals surface area contributed by atoms with Gasteiger partial charge in [0.05, 0.1) is 11.8 Å². The minimum absolute atomic E-state index is 0.0629. The maximum atomic E-state index is 13.5. The van der Waals surface area contributed by atoms with Crippen LogP contribution in [-0.2, 0) is 33.8 Å². The maximum Gasteiger partial charge on any atom is 0.245 e. The molecule has 0 spiro atoms. The molecule has 4 N–H and O–H groups in total. The topological polar surface area (TPSA) is 99.3 Å². The zero-order valence-electron chi connectivity index (χ0n) is 23.2. The predicted molar refractivity (Wildman–Crippen MR) is 160 cm³/mol. The molecule has 4 rings (SSSR count). The van der Waals surface area contributed by atoms with Crippen LogP contribution in [0.25, 0.3) is 0 Å². The van der Waals surface area contributed by atoms with Crippen LogP contribution in [0.4, 0.5) is 0 Å². The molecule has 0 unspecified atom stereocenters. The Labute approximate surface area is 240 Å². The van der Waals surface area contributed by atoms with Gasteiger partial charge < -0.3 is 16.0 Å². The summed E-state index contributed by atoms with van der Waals surface area (Å²) in [6, 6.07) is 27.6. The summed E-state index contributed by atoms with van der Waals surface area (Å²) in [4.78, 5) is 39.9. The molecular weight excluding hydrogens is 520 g/mol. The minimum Gasteiger partial charge on any atom is -0.352 e. The first-order valence-corrected chi connectivity index (χ1v) is 14.5. The van der Waals surface area contributed by atoms with Gasteiger partial charge in [0.25, 0.3) is 0 Å². The third-order valence-electron chi connectivity index (χ3n) is 6.91. The summed E-state index contributed by atoms with van der Waals surface area (Å²) in [5.41, 5.74) is 2.97. The molecule has 40 heavy (non-hydrogen) atoms. The van der Waals surface area contributed by atoms with Gasteiger partial charge in [-0.3, -0.25) is 19.7 Å². The van der Waals surface area contributed by atoms with Crippen molar-refractivity contribution in [1.29, 1.82) is 0 Å². The average molecular weight is 559 g/mol. The van der Waals surface area contributed by atoms with Crippen molar-refractivity contribution in [3.63, 3.8) is 0 Å². The number of hydrogen-bond acceptors (Lipinski definition) is 5. The Morgan fingerprint density at radius 3 is 1.98 bits per heavy atom. The van der Waals surface area contributed by atoms with E-state index in [0.29, 0.717) is 6.54 Å². The van der Waals surface area contributed by atoms with Gasteiger partial charge in [-0.2, -0.15) is 0 Å². The Hall–Kier alpha value is -3.62. The second-order valence-corrected chi connectivity index (χ2v) is 12.5. The van der Waals surface area contributed by atoms with E-state index in [2.05, 4.69) is 21.3 Å². The first kappa shape index (κ1) is 29.4. The van der Waals surface area contributed by atoms with Crippen LogP contribution in [0.1, 0.15) is 37.5 Å². The number of carbonyl (C=O) groups excluding carboxylic acids is 3. The number of hydrogen-bond donors (Lipinski definition) is 4. The van der Waals surface area contributed by atoms with Crippen LogP contribution in [0.15, 0.2) is 91.0 Å². The molecule has 0 aliphatic carbocycles. The predicted octanol–water partition coefficient (Wildman–Crippen LogP) is 3.59. The van der Waals surface area contributed by atoms with Crippen molar-refractivity contribution in [3.05, 3.63) is 108 Å². The summed E-state index contributed by atoms with van der Waals surface area (Å²) < 4.78 is -0.511. The van der Waals surface area contributed by atoms with E-state index in [1.165, 1.54) is 11.8 Å². The summed E-state index contributed by atoms with van der Waals surface area (Å²) in [6.45, 7) is 6.30. The molecular formula is C32H38N4O3S. The average Bonchev–Trinajstić information content (AvgIpc) is 3.26. The van der Waals surface area contributed by atoms with Gasteiger partial charge in [-0.1, -0.05) is 91.0 Å². The van der Waals surface area contributed by atoms with E-state index in [9.17, 15) is 14.4 Å². The highest BCUT2D eigenvalue weighted by molar-refractivity contribution is 8.01. The molecule has 1 fully saturated rings. The fourth-order valence-corrected chi connectivity index (χ4v) is 6.37. The largest absolute Gasteiger partial charge is 0.352 e. The van der Waals surface area contributed by atoms with E-state index in [4.69, 9.17) is 0 Å². The molecule has 3 amide bonds. The van der Waals surface area contributed by atoms with Crippen LogP contribution >= 0.6 is 11.8 Å². The van der Waals surface area contributed by atoms with Crippen LogP contribution < -0.4 is 21.3 Å². The van der Waals surface area contributed by atoms with Crippen molar-refractivity contribution in [1.82, 2.24) is 21.3 Å². The lowest BCUT2D eigenvalue weighted by Crippen LogP contribution is -2.58. The van der Waals surface area contributed by atoms with E-state index >= 15 is 0 Å². The van der Waals surface area contributed by atoms with Crippen molar-refractivity contribution in [3.8, 4) is 0 Å². The van der Waals surface area contributed by atoms with Gasteiger partial charge in [-0.25, -0.2) is 0 Å². The highest BCUT2D eigenvalue weighted by atomic mass is 32.2. The number of nitrogens with one attached hydrogen (secondary N) is 4. The number of carbonyl (C=O) groups is 3. The summed E-state index contributed by atoms with van der Waals surface area (Å²) in [6.07, 6.45) is 0.876. The quantitative estimate of drug-likeness (QED) is 0.288. The molecule has 8 heteroatoms. The third kappa shape index (κ3) is 8.19. The van der Waals surface area contributed by atoms with Gasteiger partial charge in [-0.05, 0) is 43.9 Å². The minimum atomic E-state index is -0.872. The van der Waals surface area contributed by atoms with Crippen LogP contribution in [0.3, 0.4) is 0 Å². The molecule has 1 aliphatic heterocycles. The Bertz CT molecular complexity index is 1270. The lowest BCUT2D eigenvalue weighted by atomic mass is 10.0. The molecule has 0 saturated carbocycles. The zero-order valence-corrected chi connectivity index (χ0v) is 24.0. The van der Waals surface area contributed by atoms with Crippen molar-refractivity contribution >= 4 is 29.5 Å². The molecule has 1 aliphatic rings. The van der Waals surface area contributed by atoms with E-state index in [1.807, 2.05) is 112 Å². The molecule has 0 radical (unpaired) electrons. The first-order valence-electron chi connectivity index (χ1n) is 13.6. The van der Waals surface area contributed by atoms with Gasteiger partial charge in [0.15, 0.2) is 0 Å². The summed E-state index contributed by atoms with van der Waals surface area (Å²) in [7, 11) is 0. The molecule has 1 saturated heterocycles. The number of benzene rings is 3. The van der Waals surface area contributed by atoms with Gasteiger partial charge in [0, 0.05) is 17.3 Å². The second-order valence-electron chi connectivity index (χ2n) is 10.8. The van der Waals surface area contributed by atoms with E-state index in [0.717, 1.165) is 23.1 Å². The zero-order chi connectivity index (χ0) is 28.5. The van der Waals surface area contributed by atoms with Crippen molar-refractivity contribution in [2.24, 2.45) is 0 Å². The maximum absolute atomic E-state index is 13.5. The first-order chi connectivity index (χ1) is 19.2. The highest BCUT2D eigenvalue weighted by Crippen LogP contribution is 2.39. The van der Waals surface area contributed by atoms with Gasteiger partial charge >= 0.3 is 0 Å². The molecule has 7 nitrogen and oxygen atoms in total. The molecule has 4 atom stereocenters. The van der Waals surface area contributed by atoms with Crippen molar-refractivity contribution in [2.75, 3.05) is 0 Å². The SMILES string of the molecule is C[C@H](Cc1ccccc1)NC(=O)[C@@H]1N[C@@H]([C@H](NC(=O)Cc2ccccc2)C(=O)NCc2ccccc2)SC1(C)C. The molecule has 210 valence electrons. The molecule has 0 aromatic heterocycles. The van der Waals surface area contributed by atoms with E-state index in [1.54, 1.807) is 0 Å². The van der Waals surface area contributed by atoms with Crippen LogP contribution in [0.2, 0.25) is 0 Å². The number of amides is 3. The van der Waals surface area contributed by atoms with E-state index in [-0.39, 0.29) is 30.2 Å². The second kappa shape index (κ2) is 13.6. The molecule has 1 heterocycles. The number of thioether (sulfide) groups is 1. The van der Waals surface area contributed by atoms with Crippen molar-refractivity contribution < 1.29 is 14.4 Å². The van der Waals surface area contributed by atoms with Gasteiger partial charge in [-0.15, -0.1) is 11.8 Å². The van der Waals surface area contributed by atoms with Crippen molar-refractivity contribution in [2.45, 2.75) is 68.4 Å². The van der Waals surface area contributed by atoms with Crippen LogP contribution in [-0.4, -0.2) is 46.0 Å². The monoisotopic (exact) mass is 558 g/mol. The summed E-state index contributed by atoms with van der Waals surface area (Å²) in [5.74, 6) is -0.678. The lowest BCUT2D eigenvalue weighted by Gasteiger charge is -2.26. The fraction of sp³-hybridized carbons (Fsp3) is 0.344. The standard InChI is InChI=1S/C32H38N4O3S/c1-22(19-23-13-7-4-8-14-23)34-30(39)28-32(2,3)40-31(36-28)27(29(38)33-21-25-17-11-6-12-18-25)35-26(37)20-24-15-9-5-10-16-24/h4-18,22,27-28,31,36H,19-21H2,1-3H3,(H,33,38)(H,34,39)(H,35,37)/t22-,27-,28+,31-/m1/s1. The highest BCUT2D eigenvalue weighted by Gasteiger charge is 2.49. The number of rotatable bonds is 11. The third-order valence-corrected chi connectivity index (χ3v) is 8.42. The van der Waals surface area contributed by atoms with Gasteiger partial charge in [0.1, 0.15) is 12.1 Å². The Kier molecular flexibility index (Phi) is 10.0. The summed E-state index contributed by atoms with van der Waals surface area (Å²) in [5, 5.41) is 11.9. The fourth-order valence-electron chi connectivity index (χ4n) is 4.87. The molecule has 0 bridgehead atoms. The van der Waals surface area contributed by atoms with Crippen LogP contribution in [0.5, 0.6) is 0 Å². The van der Waals surface area contributed by atoms with E-state index < -0.39 is 22.2 Å². The smallest absolute Gasteiger partial charge is 0.245 e. The lowest BCUT2D eigenvalue weighted by molar-refractivity contribution is -0.129. The Morgan fingerprint density at radius 1 is 0.825 bits per heavy atom. The Balaban J connectivity index is 1.45. The normalized spacial score (nSPS) is 19.3. The van der Waals surface area contributed by atoms with Crippen LogP contribution in [0, 0.1) is 0 Å². The molecule has 3 aromatic carbocycles. The Morgan fingerprint density at radius 2 is 1.38 bits per heavy atom. The van der Waals surface area contributed by atoms with Gasteiger partial charge in [0.2, 0.25) is 17.7 Å². The summed E-state index contributed by atoms with van der Waals surface area (Å²) >= 11 is 1.49. The molecule has 3 aromatic rings.